The van der Waals surface area contributed by atoms with Gasteiger partial charge in [0.15, 0.2) is 17.5 Å². The van der Waals surface area contributed by atoms with E-state index in [4.69, 9.17) is 0 Å². The minimum atomic E-state index is -1.51. The number of likely N-dealkylation sites (N-methyl/N-ethyl adjacent to an activating group) is 1. The van der Waals surface area contributed by atoms with E-state index in [9.17, 15) is 17.6 Å². The predicted molar refractivity (Wildman–Crippen MR) is 75.9 cm³/mol. The molecule has 1 nitrogen and oxygen atoms in total. The molecule has 0 spiro atoms. The Hall–Kier alpha value is -1.40. The Balaban J connectivity index is 2.37. The molecule has 0 saturated carbocycles. The normalized spacial score (nSPS) is 12.5. The molecule has 2 aromatic carbocycles. The van der Waals surface area contributed by atoms with Crippen LogP contribution < -0.4 is 5.32 Å². The largest absolute Gasteiger partial charge is 0.313 e. The van der Waals surface area contributed by atoms with Gasteiger partial charge >= 0.3 is 0 Å². The molecule has 0 bridgehead atoms. The summed E-state index contributed by atoms with van der Waals surface area (Å²) in [5.41, 5.74) is 0.589. The van der Waals surface area contributed by atoms with Crippen LogP contribution in [0.1, 0.15) is 17.2 Å². The van der Waals surface area contributed by atoms with Gasteiger partial charge in [-0.25, -0.2) is 17.6 Å². The third kappa shape index (κ3) is 3.27. The van der Waals surface area contributed by atoms with E-state index < -0.39 is 29.3 Å². The van der Waals surface area contributed by atoms with Gasteiger partial charge in [0.1, 0.15) is 5.82 Å². The smallest absolute Gasteiger partial charge is 0.194 e. The third-order valence-electron chi connectivity index (χ3n) is 3.24. The molecule has 0 aliphatic rings. The van der Waals surface area contributed by atoms with Gasteiger partial charge in [0, 0.05) is 11.6 Å². The van der Waals surface area contributed by atoms with Gasteiger partial charge in [0.2, 0.25) is 0 Å². The van der Waals surface area contributed by atoms with E-state index in [-0.39, 0.29) is 16.5 Å². The summed E-state index contributed by atoms with van der Waals surface area (Å²) in [6, 6.07) is 5.94. The van der Waals surface area contributed by atoms with Gasteiger partial charge in [-0.3, -0.25) is 0 Å². The minimum Gasteiger partial charge on any atom is -0.313 e. The maximum Gasteiger partial charge on any atom is 0.194 e. The SMILES string of the molecule is CNC(Cc1cccc(F)c1Br)c1ccc(F)c(F)c1F. The fraction of sp³-hybridized carbons (Fsp3) is 0.200. The third-order valence-corrected chi connectivity index (χ3v) is 4.13. The lowest BCUT2D eigenvalue weighted by Crippen LogP contribution is -2.21. The van der Waals surface area contributed by atoms with Gasteiger partial charge in [-0.05, 0) is 47.1 Å². The molecule has 0 heterocycles. The highest BCUT2D eigenvalue weighted by Gasteiger charge is 2.21. The summed E-state index contributed by atoms with van der Waals surface area (Å²) >= 11 is 3.12. The second-order valence-corrected chi connectivity index (χ2v) is 5.32. The van der Waals surface area contributed by atoms with Crippen LogP contribution in [0.5, 0.6) is 0 Å². The second-order valence-electron chi connectivity index (χ2n) is 4.52. The first kappa shape index (κ1) is 16.0. The Labute approximate surface area is 128 Å². The van der Waals surface area contributed by atoms with Crippen molar-refractivity contribution < 1.29 is 17.6 Å². The average molecular weight is 362 g/mol. The molecule has 1 N–H and O–H groups in total. The molecule has 0 fully saturated rings. The van der Waals surface area contributed by atoms with Gasteiger partial charge in [0.25, 0.3) is 0 Å². The van der Waals surface area contributed by atoms with Crippen molar-refractivity contribution in [1.82, 2.24) is 5.32 Å². The Morgan fingerprint density at radius 3 is 2.38 bits per heavy atom. The number of hydrogen-bond donors (Lipinski definition) is 1. The maximum atomic E-state index is 13.8. The highest BCUT2D eigenvalue weighted by molar-refractivity contribution is 9.10. The van der Waals surface area contributed by atoms with Gasteiger partial charge in [-0.1, -0.05) is 18.2 Å². The molecule has 0 radical (unpaired) electrons. The highest BCUT2D eigenvalue weighted by atomic mass is 79.9. The van der Waals surface area contributed by atoms with Crippen LogP contribution in [0.2, 0.25) is 0 Å². The first-order valence-electron chi connectivity index (χ1n) is 6.19. The van der Waals surface area contributed by atoms with Crippen LogP contribution in [0.4, 0.5) is 17.6 Å². The van der Waals surface area contributed by atoms with Crippen LogP contribution in [-0.2, 0) is 6.42 Å². The van der Waals surface area contributed by atoms with E-state index in [1.54, 1.807) is 13.1 Å². The van der Waals surface area contributed by atoms with E-state index in [2.05, 4.69) is 21.2 Å². The van der Waals surface area contributed by atoms with Crippen LogP contribution in [0, 0.1) is 23.3 Å². The van der Waals surface area contributed by atoms with Gasteiger partial charge in [-0.15, -0.1) is 0 Å². The lowest BCUT2D eigenvalue weighted by molar-refractivity contribution is 0.428. The molecule has 21 heavy (non-hydrogen) atoms. The fourth-order valence-corrected chi connectivity index (χ4v) is 2.53. The molecule has 0 amide bonds. The zero-order valence-corrected chi connectivity index (χ0v) is 12.6. The summed E-state index contributed by atoms with van der Waals surface area (Å²) in [6.07, 6.45) is 0.219. The van der Waals surface area contributed by atoms with Crippen LogP contribution in [-0.4, -0.2) is 7.05 Å². The van der Waals surface area contributed by atoms with Crippen molar-refractivity contribution in [2.75, 3.05) is 7.05 Å². The molecule has 6 heteroatoms. The first-order chi connectivity index (χ1) is 9.95. The van der Waals surface area contributed by atoms with Crippen molar-refractivity contribution in [3.8, 4) is 0 Å². The predicted octanol–water partition coefficient (Wildman–Crippen LogP) is 4.51. The molecule has 0 aromatic heterocycles. The molecular formula is C15H12BrF4N. The van der Waals surface area contributed by atoms with E-state index in [0.29, 0.717) is 5.56 Å². The Kier molecular flexibility index (Phi) is 5.00. The van der Waals surface area contributed by atoms with Crippen molar-refractivity contribution in [3.05, 3.63) is 69.2 Å². The summed E-state index contributed by atoms with van der Waals surface area (Å²) in [7, 11) is 1.57. The van der Waals surface area contributed by atoms with Crippen molar-refractivity contribution in [1.29, 1.82) is 0 Å². The lowest BCUT2D eigenvalue weighted by Gasteiger charge is -2.18. The number of rotatable bonds is 4. The minimum absolute atomic E-state index is 0.00689. The average Bonchev–Trinajstić information content (AvgIpc) is 2.47. The number of hydrogen-bond acceptors (Lipinski definition) is 1. The van der Waals surface area contributed by atoms with Gasteiger partial charge in [0.05, 0.1) is 4.47 Å². The first-order valence-corrected chi connectivity index (χ1v) is 6.98. The van der Waals surface area contributed by atoms with Crippen molar-refractivity contribution in [2.45, 2.75) is 12.5 Å². The van der Waals surface area contributed by atoms with E-state index in [1.807, 2.05) is 0 Å². The standard InChI is InChI=1S/C15H12BrF4N/c1-21-12(7-8-3-2-4-10(17)13(8)16)9-5-6-11(18)15(20)14(9)19/h2-6,12,21H,7H2,1H3. The Morgan fingerprint density at radius 2 is 1.71 bits per heavy atom. The zero-order valence-electron chi connectivity index (χ0n) is 11.1. The molecule has 0 saturated heterocycles. The number of benzene rings is 2. The highest BCUT2D eigenvalue weighted by Crippen LogP contribution is 2.28. The van der Waals surface area contributed by atoms with E-state index in [0.717, 1.165) is 6.07 Å². The lowest BCUT2D eigenvalue weighted by atomic mass is 9.98. The monoisotopic (exact) mass is 361 g/mol. The summed E-state index contributed by atoms with van der Waals surface area (Å²) in [5.74, 6) is -4.42. The van der Waals surface area contributed by atoms with Gasteiger partial charge < -0.3 is 5.32 Å². The van der Waals surface area contributed by atoms with Crippen LogP contribution in [0.15, 0.2) is 34.8 Å². The van der Waals surface area contributed by atoms with Crippen molar-refractivity contribution in [3.63, 3.8) is 0 Å². The molecule has 2 aromatic rings. The van der Waals surface area contributed by atoms with Crippen LogP contribution >= 0.6 is 15.9 Å². The van der Waals surface area contributed by atoms with E-state index in [1.165, 1.54) is 18.2 Å². The molecule has 2 rings (SSSR count). The van der Waals surface area contributed by atoms with Gasteiger partial charge in [-0.2, -0.15) is 0 Å². The molecule has 0 aliphatic heterocycles. The Bertz CT molecular complexity index is 660. The zero-order chi connectivity index (χ0) is 15.6. The molecule has 112 valence electrons. The second kappa shape index (κ2) is 6.58. The molecular weight excluding hydrogens is 350 g/mol. The Morgan fingerprint density at radius 1 is 1.00 bits per heavy atom. The molecule has 1 atom stereocenters. The summed E-state index contributed by atoms with van der Waals surface area (Å²) < 4.78 is 53.9. The summed E-state index contributed by atoms with van der Waals surface area (Å²) in [6.45, 7) is 0. The number of halogens is 5. The molecule has 1 unspecified atom stereocenters. The summed E-state index contributed by atoms with van der Waals surface area (Å²) in [5, 5.41) is 2.83. The summed E-state index contributed by atoms with van der Waals surface area (Å²) in [4.78, 5) is 0. The van der Waals surface area contributed by atoms with Crippen LogP contribution in [0.25, 0.3) is 0 Å². The molecule has 0 aliphatic carbocycles. The van der Waals surface area contributed by atoms with E-state index >= 15 is 0 Å². The number of nitrogens with one attached hydrogen (secondary N) is 1. The van der Waals surface area contributed by atoms with Crippen molar-refractivity contribution >= 4 is 15.9 Å². The van der Waals surface area contributed by atoms with Crippen LogP contribution in [0.3, 0.4) is 0 Å². The fourth-order valence-electron chi connectivity index (χ4n) is 2.10. The quantitative estimate of drug-likeness (QED) is 0.624. The maximum absolute atomic E-state index is 13.8. The van der Waals surface area contributed by atoms with Crippen molar-refractivity contribution in [2.24, 2.45) is 0 Å². The topological polar surface area (TPSA) is 12.0 Å².